The van der Waals surface area contributed by atoms with Crippen molar-refractivity contribution in [2.75, 3.05) is 74.0 Å². The van der Waals surface area contributed by atoms with Crippen LogP contribution >= 0.6 is 11.3 Å². The minimum atomic E-state index is -1.48. The Kier molecular flexibility index (Phi) is 28.1. The summed E-state index contributed by atoms with van der Waals surface area (Å²) in [5.41, 5.74) is 1.23. The highest BCUT2D eigenvalue weighted by atomic mass is 32.1. The van der Waals surface area contributed by atoms with Crippen LogP contribution in [0.25, 0.3) is 55.9 Å². The molecular formula is C79H89N13O19S. The fourth-order valence-electron chi connectivity index (χ4n) is 12.2. The molecule has 2 saturated heterocycles. The van der Waals surface area contributed by atoms with E-state index in [0.29, 0.717) is 82.4 Å². The Morgan fingerprint density at radius 2 is 0.920 bits per heavy atom. The van der Waals surface area contributed by atoms with Gasteiger partial charge in [-0.05, 0) is 162 Å². The van der Waals surface area contributed by atoms with Crippen molar-refractivity contribution in [3.05, 3.63) is 205 Å². The molecule has 2 aliphatic heterocycles. The minimum absolute atomic E-state index is 0.238. The topological polar surface area (TPSA) is 485 Å². The molecule has 2 aliphatic rings. The van der Waals surface area contributed by atoms with E-state index in [4.69, 9.17) is 30.3 Å². The Bertz CT molecular complexity index is 5380. The summed E-state index contributed by atoms with van der Waals surface area (Å²) >= 11 is 1.55. The fourth-order valence-corrected chi connectivity index (χ4v) is 13.3. The van der Waals surface area contributed by atoms with Gasteiger partial charge in [0.15, 0.2) is 16.7 Å². The number of thiophene rings is 1. The third-order valence-electron chi connectivity index (χ3n) is 17.9. The number of aromatic carboxylic acids is 5. The largest absolute Gasteiger partial charge is 0.506 e. The lowest BCUT2D eigenvalue weighted by atomic mass is 10.0. The number of aryl methyl sites for hydroxylation is 1. The summed E-state index contributed by atoms with van der Waals surface area (Å²) in [4.78, 5) is 154. The van der Waals surface area contributed by atoms with Gasteiger partial charge in [0.05, 0.1) is 57.4 Å². The molecule has 112 heavy (non-hydrogen) atoms. The SMILES string of the molecule is CCc1c(-c2ccc(N3CCCCC3)s2)[nH]c(=O)c(C(=O)O)c1O.CCc1c(-c2cnc(N(C)C)cn2)[nH]c(=O)c(C(=O)O)c1O.CCc1c(-c2cnc(N3CCCC3)cn2)[nH]c(=O)c(C(=O)O)c1O.CCc1cc(C(=O)O)c(=O)[nH]c1-c1ccc(OC(C)(C)C)cc1.CN(C)c1ccc(-c2ccc(C(=O)O)c(=O)[nH]2)cc1. The zero-order valence-electron chi connectivity index (χ0n) is 63.6. The number of carbonyl (C=O) groups is 5. The Hall–Kier alpha value is -13.2. The van der Waals surface area contributed by atoms with Gasteiger partial charge in [0.2, 0.25) is 0 Å². The van der Waals surface area contributed by atoms with Crippen molar-refractivity contribution >= 4 is 63.5 Å². The third kappa shape index (κ3) is 20.4. The maximum absolute atomic E-state index is 12.1. The van der Waals surface area contributed by atoms with E-state index in [1.165, 1.54) is 50.0 Å². The molecule has 0 aliphatic carbocycles. The monoisotopic (exact) mass is 1560 g/mol. The number of aromatic nitrogens is 9. The average Bonchev–Trinajstić information content (AvgIpc) is 1.22. The number of benzene rings is 2. The van der Waals surface area contributed by atoms with E-state index in [0.717, 1.165) is 82.8 Å². The van der Waals surface area contributed by atoms with E-state index >= 15 is 0 Å². The number of pyridine rings is 5. The Balaban J connectivity index is 0.000000176. The highest BCUT2D eigenvalue weighted by Gasteiger charge is 2.27. The molecule has 590 valence electrons. The second-order valence-corrected chi connectivity index (χ2v) is 28.1. The summed E-state index contributed by atoms with van der Waals surface area (Å²) < 4.78 is 5.77. The number of piperidine rings is 1. The van der Waals surface area contributed by atoms with Crippen LogP contribution in [0.4, 0.5) is 22.3 Å². The molecule has 0 spiro atoms. The molecule has 0 amide bonds. The van der Waals surface area contributed by atoms with E-state index in [-0.39, 0.29) is 22.4 Å². The second kappa shape index (κ2) is 37.3. The van der Waals surface area contributed by atoms with E-state index in [1.807, 2.05) is 128 Å². The van der Waals surface area contributed by atoms with Gasteiger partial charge in [0, 0.05) is 82.4 Å². The first-order valence-electron chi connectivity index (χ1n) is 35.7. The van der Waals surface area contributed by atoms with Crippen molar-refractivity contribution in [1.29, 1.82) is 0 Å². The molecule has 10 aromatic rings. The predicted octanol–water partition coefficient (Wildman–Crippen LogP) is 10.6. The number of H-pyrrole nitrogens is 5. The molecule has 0 unspecified atom stereocenters. The predicted molar refractivity (Wildman–Crippen MR) is 425 cm³/mol. The van der Waals surface area contributed by atoms with E-state index in [9.17, 15) is 63.3 Å². The third-order valence-corrected chi connectivity index (χ3v) is 19.1. The van der Waals surface area contributed by atoms with Crippen LogP contribution in [0.1, 0.15) is 155 Å². The lowest BCUT2D eigenvalue weighted by Crippen LogP contribution is -2.28. The van der Waals surface area contributed by atoms with Gasteiger partial charge in [-0.3, -0.25) is 24.0 Å². The number of hydrogen-bond acceptors (Lipinski definition) is 23. The van der Waals surface area contributed by atoms with Gasteiger partial charge in [0.25, 0.3) is 27.8 Å². The van der Waals surface area contributed by atoms with E-state index in [1.54, 1.807) is 42.3 Å². The number of ether oxygens (including phenoxy) is 1. The normalized spacial score (nSPS) is 12.3. The number of anilines is 4. The van der Waals surface area contributed by atoms with Crippen LogP contribution in [0.15, 0.2) is 128 Å². The first-order valence-corrected chi connectivity index (χ1v) is 36.5. The van der Waals surface area contributed by atoms with Crippen molar-refractivity contribution in [1.82, 2.24) is 44.9 Å². The Morgan fingerprint density at radius 1 is 0.464 bits per heavy atom. The van der Waals surface area contributed by atoms with Crippen LogP contribution in [0.2, 0.25) is 0 Å². The first kappa shape index (κ1) is 84.4. The maximum atomic E-state index is 12.1. The number of rotatable bonds is 19. The van der Waals surface area contributed by atoms with Gasteiger partial charge in [-0.2, -0.15) is 0 Å². The van der Waals surface area contributed by atoms with E-state index < -0.39 is 91.6 Å². The van der Waals surface area contributed by atoms with Crippen molar-refractivity contribution < 1.29 is 69.6 Å². The van der Waals surface area contributed by atoms with Crippen LogP contribution < -0.4 is 52.1 Å². The zero-order valence-corrected chi connectivity index (χ0v) is 64.4. The number of nitrogens with zero attached hydrogens (tertiary/aromatic N) is 8. The van der Waals surface area contributed by atoms with E-state index in [2.05, 4.69) is 54.7 Å². The lowest BCUT2D eigenvalue weighted by molar-refractivity contribution is 0.0680. The Labute approximate surface area is 645 Å². The average molecular weight is 1560 g/mol. The second-order valence-electron chi connectivity index (χ2n) is 27.0. The van der Waals surface area contributed by atoms with Crippen molar-refractivity contribution in [2.45, 2.75) is 112 Å². The summed E-state index contributed by atoms with van der Waals surface area (Å²) in [5, 5.41) is 76.6. The molecule has 32 nitrogen and oxygen atoms in total. The van der Waals surface area contributed by atoms with Crippen molar-refractivity contribution in [2.24, 2.45) is 0 Å². The molecule has 2 aromatic carbocycles. The maximum Gasteiger partial charge on any atom is 0.345 e. The molecule has 12 rings (SSSR count). The summed E-state index contributed by atoms with van der Waals surface area (Å²) in [5.74, 6) is -6.16. The van der Waals surface area contributed by atoms with Crippen LogP contribution in [0.3, 0.4) is 0 Å². The fraction of sp³-hybridized carbons (Fsp3) is 0.316. The minimum Gasteiger partial charge on any atom is -0.506 e. The molecule has 33 heteroatoms. The van der Waals surface area contributed by atoms with Gasteiger partial charge in [0.1, 0.15) is 62.7 Å². The number of aromatic hydroxyl groups is 3. The van der Waals surface area contributed by atoms with Crippen molar-refractivity contribution in [3.8, 4) is 78.9 Å². The van der Waals surface area contributed by atoms with Gasteiger partial charge < -0.3 is 90.1 Å². The quantitative estimate of drug-likeness (QED) is 0.0358. The number of hydrogen-bond donors (Lipinski definition) is 13. The highest BCUT2D eigenvalue weighted by molar-refractivity contribution is 7.19. The molecule has 8 aromatic heterocycles. The molecule has 13 N–H and O–H groups in total. The van der Waals surface area contributed by atoms with Crippen molar-refractivity contribution in [3.63, 3.8) is 0 Å². The van der Waals surface area contributed by atoms with Crippen LogP contribution in [0, 0.1) is 0 Å². The lowest BCUT2D eigenvalue weighted by Gasteiger charge is -2.27. The molecule has 0 bridgehead atoms. The van der Waals surface area contributed by atoms with Crippen LogP contribution in [0.5, 0.6) is 23.0 Å². The molecule has 0 radical (unpaired) electrons. The zero-order chi connectivity index (χ0) is 82.2. The number of carboxylic acid groups (broad SMARTS) is 5. The number of carboxylic acids is 5. The first-order chi connectivity index (χ1) is 53.1. The molecule has 2 fully saturated rings. The molecule has 10 heterocycles. The smallest absolute Gasteiger partial charge is 0.345 e. The molecular weight excluding hydrogens is 1470 g/mol. The molecule has 0 atom stereocenters. The Morgan fingerprint density at radius 3 is 1.35 bits per heavy atom. The van der Waals surface area contributed by atoms with Gasteiger partial charge >= 0.3 is 29.8 Å². The summed E-state index contributed by atoms with van der Waals surface area (Å²) in [7, 11) is 7.52. The van der Waals surface area contributed by atoms with Crippen LogP contribution in [-0.4, -0.2) is 176 Å². The summed E-state index contributed by atoms with van der Waals surface area (Å²) in [6, 6.07) is 23.3. The number of nitrogens with one attached hydrogen (secondary N) is 5. The van der Waals surface area contributed by atoms with Crippen LogP contribution in [-0.2, 0) is 25.7 Å². The summed E-state index contributed by atoms with van der Waals surface area (Å²) in [6.45, 7) is 17.1. The standard InChI is InChI=1S/C18H21NO4.C17H20N2O4S.C16H18N4O4.C14H16N4O4.C14H14N2O3/c1-5-11-10-14(17(21)22)16(20)19-15(11)12-6-8-13(9-7-12)23-18(2,3)4;1-2-10-14(18-16(21)13(15(10)20)17(22)23)11-6-7-12(24-11)19-8-4-3-5-9-19;1-2-9-13(19-15(22)12(14(9)21)16(23)24)10-7-18-11(8-17-10)20-5-3-4-6-20;1-4-7-11(8-5-16-9(6-15-8)18(2)3)17-13(20)10(12(7)19)14(21)22;1-16(2)10-5-3-9(4-6-10)12-8-7-11(14(18)19)13(17)15-12/h6-10H,5H2,1-4H3,(H,19,20)(H,21,22);6-7H,2-5,8-9H2,1H3,(H,22,23)(H2,18,20,21);7-8H,2-6H2,1H3,(H,23,24)(H2,19,21,22);5-6H,4H2,1-3H3,(H,21,22)(H2,17,19,20);3-8H,1-2H3,(H,15,17)(H,18,19). The number of aromatic amines is 5. The molecule has 0 saturated carbocycles. The van der Waals surface area contributed by atoms with Gasteiger partial charge in [-0.1, -0.05) is 39.8 Å². The van der Waals surface area contributed by atoms with Gasteiger partial charge in [-0.15, -0.1) is 11.3 Å². The highest BCUT2D eigenvalue weighted by Crippen LogP contribution is 2.39. The summed E-state index contributed by atoms with van der Waals surface area (Å²) in [6.07, 6.45) is 13.7. The van der Waals surface area contributed by atoms with Gasteiger partial charge in [-0.25, -0.2) is 43.9 Å².